The third kappa shape index (κ3) is 6.80. The first-order valence-corrected chi connectivity index (χ1v) is 5.65. The summed E-state index contributed by atoms with van der Waals surface area (Å²) in [5, 5.41) is 0. The summed E-state index contributed by atoms with van der Waals surface area (Å²) in [6.45, 7) is 13.5. The zero-order valence-electron chi connectivity index (χ0n) is 12.1. The summed E-state index contributed by atoms with van der Waals surface area (Å²) < 4.78 is 32.9. The molecule has 0 heterocycles. The van der Waals surface area contributed by atoms with E-state index in [1.54, 1.807) is 20.3 Å². The van der Waals surface area contributed by atoms with Crippen LogP contribution >= 0.6 is 0 Å². The number of hydrogen-bond donors (Lipinski definition) is 0. The zero-order chi connectivity index (χ0) is 16.8. The first-order valence-electron chi connectivity index (χ1n) is 5.65. The Morgan fingerprint density at radius 3 is 1.82 bits per heavy atom. The van der Waals surface area contributed by atoms with Gasteiger partial charge in [-0.15, -0.1) is 0 Å². The van der Waals surface area contributed by atoms with Crippen molar-refractivity contribution < 1.29 is 45.6 Å². The van der Waals surface area contributed by atoms with E-state index in [2.05, 4.69) is 20.0 Å². The van der Waals surface area contributed by atoms with E-state index in [0.29, 0.717) is 17.9 Å². The Morgan fingerprint density at radius 1 is 0.909 bits per heavy atom. The van der Waals surface area contributed by atoms with Crippen molar-refractivity contribution in [1.29, 1.82) is 0 Å². The molecule has 0 amide bonds. The number of methoxy groups -OCH3 is 2. The number of rotatable bonds is 2. The minimum Gasteiger partial charge on any atom is 0 e. The van der Waals surface area contributed by atoms with Crippen molar-refractivity contribution in [3.63, 3.8) is 0 Å². The van der Waals surface area contributed by atoms with Gasteiger partial charge in [0.05, 0.1) is 14.2 Å². The largest absolute Gasteiger partial charge is 0 e. The third-order valence-electron chi connectivity index (χ3n) is 2.76. The van der Waals surface area contributed by atoms with E-state index in [-0.39, 0.29) is 23.1 Å². The quantitative estimate of drug-likeness (QED) is 0.608. The van der Waals surface area contributed by atoms with Gasteiger partial charge in [0.25, 0.3) is 0 Å². The van der Waals surface area contributed by atoms with Crippen LogP contribution in [0.4, 0.5) is 0 Å². The molecule has 0 aliphatic heterocycles. The van der Waals surface area contributed by atoms with Gasteiger partial charge in [0.2, 0.25) is 0 Å². The first kappa shape index (κ1) is 25.2. The van der Waals surface area contributed by atoms with Crippen LogP contribution < -0.4 is 9.47 Å². The molecule has 7 heteroatoms. The number of fused-ring (bicyclic) bond motifs is 1. The first-order chi connectivity index (χ1) is 10.3. The predicted octanol–water partition coefficient (Wildman–Crippen LogP) is 2.11. The molecule has 0 fully saturated rings. The molecule has 1 aliphatic rings. The second-order valence-electron chi connectivity index (χ2n) is 3.64. The van der Waals surface area contributed by atoms with Gasteiger partial charge in [0, 0.05) is 29.3 Å². The van der Waals surface area contributed by atoms with E-state index >= 15 is 0 Å². The van der Waals surface area contributed by atoms with Crippen molar-refractivity contribution >= 4 is 5.78 Å². The Morgan fingerprint density at radius 2 is 1.36 bits per heavy atom. The topological polar surface area (TPSA) is 95.2 Å². The maximum Gasteiger partial charge on any atom is 0 e. The Kier molecular flexibility index (Phi) is 17.9. The summed E-state index contributed by atoms with van der Waals surface area (Å²) in [5.74, 6) is 1.54. The molecule has 0 spiro atoms. The van der Waals surface area contributed by atoms with Crippen molar-refractivity contribution in [2.75, 3.05) is 14.2 Å². The molecule has 2 rings (SSSR count). The summed E-state index contributed by atoms with van der Waals surface area (Å²) in [4.78, 5) is 11.7. The summed E-state index contributed by atoms with van der Waals surface area (Å²) in [6, 6.07) is 3.70. The van der Waals surface area contributed by atoms with Gasteiger partial charge in [-0.05, 0) is 30.5 Å². The molecule has 0 saturated carbocycles. The smallest absolute Gasteiger partial charge is 0 e. The summed E-state index contributed by atoms with van der Waals surface area (Å²) in [7, 11) is 3.19. The maximum atomic E-state index is 11.7. The Bertz CT molecular complexity index is 504. The normalized spacial score (nSPS) is 10.3. The van der Waals surface area contributed by atoms with Crippen molar-refractivity contribution in [2.45, 2.75) is 19.3 Å². The molecule has 0 N–H and O–H groups in total. The van der Waals surface area contributed by atoms with Gasteiger partial charge < -0.3 is 9.47 Å². The SMILES string of the molecule is COc1cc2c(cc1OC)C(=O)CCC2.[C-]#[O+].[C-]#[O+].[C-]#[O+].[Cr]. The van der Waals surface area contributed by atoms with Gasteiger partial charge in [-0.3, -0.25) is 4.79 Å². The molecular formula is C15H14CrO6. The molecule has 0 atom stereocenters. The van der Waals surface area contributed by atoms with E-state index < -0.39 is 0 Å². The average molecular weight is 342 g/mol. The van der Waals surface area contributed by atoms with E-state index in [4.69, 9.17) is 23.4 Å². The molecule has 1 aromatic carbocycles. The molecule has 0 saturated heterocycles. The van der Waals surface area contributed by atoms with Gasteiger partial charge in [0.15, 0.2) is 17.3 Å². The maximum absolute atomic E-state index is 11.7. The molecule has 0 aromatic heterocycles. The number of benzene rings is 1. The van der Waals surface area contributed by atoms with E-state index in [1.807, 2.05) is 6.07 Å². The molecule has 1 aromatic rings. The van der Waals surface area contributed by atoms with E-state index in [0.717, 1.165) is 24.0 Å². The minimum absolute atomic E-state index is 0. The zero-order valence-corrected chi connectivity index (χ0v) is 13.4. The van der Waals surface area contributed by atoms with Crippen LogP contribution in [-0.4, -0.2) is 20.0 Å². The van der Waals surface area contributed by atoms with Crippen LogP contribution in [0.15, 0.2) is 12.1 Å². The number of aryl methyl sites for hydroxylation is 1. The molecule has 0 radical (unpaired) electrons. The predicted molar refractivity (Wildman–Crippen MR) is 68.6 cm³/mol. The van der Waals surface area contributed by atoms with Crippen LogP contribution in [0.2, 0.25) is 0 Å². The molecule has 0 bridgehead atoms. The molecule has 116 valence electrons. The van der Waals surface area contributed by atoms with Crippen LogP contribution in [0.1, 0.15) is 28.8 Å². The molecule has 1 aliphatic carbocycles. The summed E-state index contributed by atoms with van der Waals surface area (Å²) >= 11 is 0. The number of hydrogen-bond acceptors (Lipinski definition) is 3. The summed E-state index contributed by atoms with van der Waals surface area (Å²) in [6.07, 6.45) is 2.52. The monoisotopic (exact) mass is 342 g/mol. The Balaban J connectivity index is -0.000000463. The molecule has 6 nitrogen and oxygen atoms in total. The molecule has 0 unspecified atom stereocenters. The van der Waals surface area contributed by atoms with Crippen LogP contribution in [-0.2, 0) is 37.7 Å². The fourth-order valence-electron chi connectivity index (χ4n) is 1.96. The van der Waals surface area contributed by atoms with Crippen LogP contribution in [0.25, 0.3) is 0 Å². The molecule has 22 heavy (non-hydrogen) atoms. The Hall–Kier alpha value is -1.76. The Labute approximate surface area is 140 Å². The van der Waals surface area contributed by atoms with Crippen molar-refractivity contribution in [3.05, 3.63) is 43.2 Å². The van der Waals surface area contributed by atoms with Crippen LogP contribution in [0.5, 0.6) is 11.5 Å². The minimum atomic E-state index is 0. The molecular weight excluding hydrogens is 328 g/mol. The standard InChI is InChI=1S/C12H14O3.3CO.Cr/c1-14-11-6-8-4-3-5-10(13)9(8)7-12(11)15-2;3*1-2;/h6-7H,3-5H2,1-2H3;;;;. The fraction of sp³-hybridized carbons (Fsp3) is 0.333. The number of Topliss-reactive ketones (excluding diaryl/α,β-unsaturated/α-hetero) is 1. The fourth-order valence-corrected chi connectivity index (χ4v) is 1.96. The van der Waals surface area contributed by atoms with Crippen LogP contribution in [0, 0.1) is 20.0 Å². The number of carbonyl (C=O) groups is 1. The van der Waals surface area contributed by atoms with Gasteiger partial charge in [0.1, 0.15) is 0 Å². The van der Waals surface area contributed by atoms with E-state index in [9.17, 15) is 4.79 Å². The number of ether oxygens (including phenoxy) is 2. The van der Waals surface area contributed by atoms with Crippen LogP contribution in [0.3, 0.4) is 0 Å². The number of carbonyl (C=O) groups excluding carboxylic acids is 1. The summed E-state index contributed by atoms with van der Waals surface area (Å²) in [5.41, 5.74) is 1.86. The van der Waals surface area contributed by atoms with Crippen molar-refractivity contribution in [3.8, 4) is 11.5 Å². The second kappa shape index (κ2) is 15.6. The average Bonchev–Trinajstić information content (AvgIpc) is 2.59. The van der Waals surface area contributed by atoms with E-state index in [1.165, 1.54) is 0 Å². The van der Waals surface area contributed by atoms with Gasteiger partial charge in [-0.25, -0.2) is 0 Å². The van der Waals surface area contributed by atoms with Gasteiger partial charge in [-0.2, -0.15) is 0 Å². The number of ketones is 1. The van der Waals surface area contributed by atoms with Crippen molar-refractivity contribution in [2.24, 2.45) is 0 Å². The van der Waals surface area contributed by atoms with Crippen molar-refractivity contribution in [1.82, 2.24) is 0 Å². The van der Waals surface area contributed by atoms with Gasteiger partial charge in [-0.1, -0.05) is 0 Å². The van der Waals surface area contributed by atoms with Gasteiger partial charge >= 0.3 is 33.9 Å². The third-order valence-corrected chi connectivity index (χ3v) is 2.76. The second-order valence-corrected chi connectivity index (χ2v) is 3.64.